The van der Waals surface area contributed by atoms with Gasteiger partial charge in [0, 0.05) is 10.3 Å². The highest BCUT2D eigenvalue weighted by atomic mass is 31.2. The van der Waals surface area contributed by atoms with Crippen molar-refractivity contribution in [2.75, 3.05) is 13.2 Å². The van der Waals surface area contributed by atoms with Crippen molar-refractivity contribution in [2.45, 2.75) is 0 Å². The summed E-state index contributed by atoms with van der Waals surface area (Å²) in [5.74, 6) is -0.478. The Labute approximate surface area is 75.1 Å². The fraction of sp³-hybridized carbons (Fsp3) is 0.250. The summed E-state index contributed by atoms with van der Waals surface area (Å²) in [7, 11) is -3.44. The van der Waals surface area contributed by atoms with Gasteiger partial charge in [-0.05, 0) is 12.1 Å². The molecular weight excluding hydrogens is 197 g/mol. The summed E-state index contributed by atoms with van der Waals surface area (Å²) in [6.45, 7) is 0.474. The van der Waals surface area contributed by atoms with Crippen LogP contribution in [-0.4, -0.2) is 13.2 Å². The van der Waals surface area contributed by atoms with Gasteiger partial charge in [0.25, 0.3) is 0 Å². The van der Waals surface area contributed by atoms with E-state index in [-0.39, 0.29) is 18.5 Å². The molecule has 0 radical (unpaired) electrons. The lowest BCUT2D eigenvalue weighted by Gasteiger charge is -2.04. The van der Waals surface area contributed by atoms with Crippen LogP contribution in [0.15, 0.2) is 24.3 Å². The smallest absolute Gasteiger partial charge is 0.207 e. The van der Waals surface area contributed by atoms with Crippen LogP contribution in [0, 0.1) is 5.82 Å². The van der Waals surface area contributed by atoms with Crippen molar-refractivity contribution in [3.63, 3.8) is 0 Å². The maximum Gasteiger partial charge on any atom is 0.503 e. The molecule has 0 bridgehead atoms. The topological polar surface area (TPSA) is 18.5 Å². The Kier molecular flexibility index (Phi) is 2.28. The molecule has 0 unspecified atom stereocenters. The minimum Gasteiger partial charge on any atom is -0.207 e. The van der Waals surface area contributed by atoms with E-state index in [0.29, 0.717) is 0 Å². The molecule has 2 nitrogen and oxygen atoms in total. The molecule has 0 saturated carbocycles. The fourth-order valence-electron chi connectivity index (χ4n) is 1.14. The molecule has 0 aliphatic carbocycles. The number of halogens is 2. The van der Waals surface area contributed by atoms with Gasteiger partial charge < -0.3 is 0 Å². The third-order valence-electron chi connectivity index (χ3n) is 1.71. The first kappa shape index (κ1) is 9.00. The number of benzene rings is 1. The van der Waals surface area contributed by atoms with Crippen LogP contribution >= 0.6 is 8.03 Å². The largest absolute Gasteiger partial charge is 0.503 e. The van der Waals surface area contributed by atoms with Gasteiger partial charge in [-0.25, -0.2) is 4.39 Å². The van der Waals surface area contributed by atoms with Gasteiger partial charge in [0.2, 0.25) is 0 Å². The molecule has 70 valence electrons. The molecule has 0 N–H and O–H groups in total. The molecular formula is C8H8F2O2P+. The molecule has 1 aromatic carbocycles. The average molecular weight is 205 g/mol. The van der Waals surface area contributed by atoms with Gasteiger partial charge in [-0.2, -0.15) is 9.05 Å². The van der Waals surface area contributed by atoms with Crippen molar-refractivity contribution in [3.05, 3.63) is 30.1 Å². The summed E-state index contributed by atoms with van der Waals surface area (Å²) in [5, 5.41) is 0.171. The monoisotopic (exact) mass is 205 g/mol. The Morgan fingerprint density at radius 1 is 1.23 bits per heavy atom. The van der Waals surface area contributed by atoms with Crippen LogP contribution in [0.1, 0.15) is 0 Å². The van der Waals surface area contributed by atoms with Crippen LogP contribution in [0.25, 0.3) is 0 Å². The van der Waals surface area contributed by atoms with Gasteiger partial charge in [-0.1, -0.05) is 6.07 Å². The number of hydrogen-bond donors (Lipinski definition) is 0. The summed E-state index contributed by atoms with van der Waals surface area (Å²) in [6, 6.07) is 5.28. The second kappa shape index (κ2) is 3.29. The molecule has 1 saturated heterocycles. The Morgan fingerprint density at radius 2 is 1.92 bits per heavy atom. The summed E-state index contributed by atoms with van der Waals surface area (Å²) in [6.07, 6.45) is 0. The summed E-state index contributed by atoms with van der Waals surface area (Å²) < 4.78 is 36.1. The van der Waals surface area contributed by atoms with E-state index in [0.717, 1.165) is 6.07 Å². The standard InChI is InChI=1S/C8H8F2O2P/c9-7-2-1-3-8(6-7)13(10)11-4-5-12-13/h1-3,6H,4-5H2/q+1. The molecule has 0 amide bonds. The second-order valence-corrected chi connectivity index (χ2v) is 4.62. The van der Waals surface area contributed by atoms with E-state index >= 15 is 0 Å². The Balaban J connectivity index is 2.33. The summed E-state index contributed by atoms with van der Waals surface area (Å²) in [5.41, 5.74) is 0. The van der Waals surface area contributed by atoms with E-state index in [1.54, 1.807) is 0 Å². The third-order valence-corrected chi connectivity index (χ3v) is 3.64. The minimum atomic E-state index is -3.44. The molecule has 0 spiro atoms. The first-order valence-corrected chi connectivity index (χ1v) is 5.36. The predicted molar refractivity (Wildman–Crippen MR) is 46.0 cm³/mol. The Hall–Kier alpha value is -0.570. The van der Waals surface area contributed by atoms with E-state index in [1.165, 1.54) is 18.2 Å². The molecule has 1 fully saturated rings. The SMILES string of the molecule is Fc1cccc([P+]2(F)OCCO2)c1. The zero-order valence-electron chi connectivity index (χ0n) is 6.74. The Morgan fingerprint density at radius 3 is 2.54 bits per heavy atom. The van der Waals surface area contributed by atoms with E-state index in [2.05, 4.69) is 0 Å². The molecule has 0 aromatic heterocycles. The molecule has 1 aromatic rings. The fourth-order valence-corrected chi connectivity index (χ4v) is 2.67. The second-order valence-electron chi connectivity index (χ2n) is 2.63. The maximum absolute atomic E-state index is 13.7. The zero-order valence-corrected chi connectivity index (χ0v) is 7.64. The van der Waals surface area contributed by atoms with Crippen molar-refractivity contribution in [1.29, 1.82) is 0 Å². The lowest BCUT2D eigenvalue weighted by molar-refractivity contribution is 0.365. The van der Waals surface area contributed by atoms with Crippen molar-refractivity contribution in [2.24, 2.45) is 0 Å². The van der Waals surface area contributed by atoms with Gasteiger partial charge >= 0.3 is 8.03 Å². The first-order chi connectivity index (χ1) is 6.21. The summed E-state index contributed by atoms with van der Waals surface area (Å²) in [4.78, 5) is 0. The molecule has 1 aliphatic rings. The highest BCUT2D eigenvalue weighted by molar-refractivity contribution is 7.69. The van der Waals surface area contributed by atoms with Crippen molar-refractivity contribution < 1.29 is 17.6 Å². The molecule has 1 heterocycles. The molecule has 1 aliphatic heterocycles. The molecule has 13 heavy (non-hydrogen) atoms. The number of rotatable bonds is 1. The third kappa shape index (κ3) is 1.70. The van der Waals surface area contributed by atoms with Crippen LogP contribution in [0.3, 0.4) is 0 Å². The van der Waals surface area contributed by atoms with Crippen LogP contribution < -0.4 is 5.30 Å². The average Bonchev–Trinajstić information content (AvgIpc) is 2.54. The van der Waals surface area contributed by atoms with E-state index in [4.69, 9.17) is 9.05 Å². The van der Waals surface area contributed by atoms with Gasteiger partial charge in [0.15, 0.2) is 5.30 Å². The minimum absolute atomic E-state index is 0.171. The zero-order chi connectivity index (χ0) is 9.31. The summed E-state index contributed by atoms with van der Waals surface area (Å²) >= 11 is 0. The number of hydrogen-bond acceptors (Lipinski definition) is 2. The van der Waals surface area contributed by atoms with Gasteiger partial charge in [-0.3, -0.25) is 0 Å². The highest BCUT2D eigenvalue weighted by Crippen LogP contribution is 2.64. The van der Waals surface area contributed by atoms with E-state index in [9.17, 15) is 8.59 Å². The Bertz CT molecular complexity index is 313. The van der Waals surface area contributed by atoms with Crippen LogP contribution in [0.4, 0.5) is 8.59 Å². The van der Waals surface area contributed by atoms with Crippen molar-refractivity contribution in [3.8, 4) is 0 Å². The molecule has 2 rings (SSSR count). The van der Waals surface area contributed by atoms with E-state index < -0.39 is 13.8 Å². The van der Waals surface area contributed by atoms with E-state index in [1.807, 2.05) is 0 Å². The molecule has 5 heteroatoms. The van der Waals surface area contributed by atoms with Crippen LogP contribution in [0.5, 0.6) is 0 Å². The molecule has 0 atom stereocenters. The van der Waals surface area contributed by atoms with Gasteiger partial charge in [-0.15, -0.1) is 0 Å². The lowest BCUT2D eigenvalue weighted by Crippen LogP contribution is -2.07. The lowest BCUT2D eigenvalue weighted by atomic mass is 10.4. The van der Waals surface area contributed by atoms with Gasteiger partial charge in [0.05, 0.1) is 0 Å². The normalized spacial score (nSPS) is 20.5. The quantitative estimate of drug-likeness (QED) is 0.654. The van der Waals surface area contributed by atoms with Crippen LogP contribution in [0.2, 0.25) is 0 Å². The highest BCUT2D eigenvalue weighted by Gasteiger charge is 2.52. The van der Waals surface area contributed by atoms with Crippen molar-refractivity contribution in [1.82, 2.24) is 0 Å². The maximum atomic E-state index is 13.7. The van der Waals surface area contributed by atoms with Crippen molar-refractivity contribution >= 4 is 13.3 Å². The van der Waals surface area contributed by atoms with Crippen LogP contribution in [-0.2, 0) is 9.05 Å². The van der Waals surface area contributed by atoms with Gasteiger partial charge in [0.1, 0.15) is 19.0 Å². The first-order valence-electron chi connectivity index (χ1n) is 3.85. The predicted octanol–water partition coefficient (Wildman–Crippen LogP) is 2.23.